The molecule has 29 heavy (non-hydrogen) atoms. The van der Waals surface area contributed by atoms with Crippen LogP contribution in [0.15, 0.2) is 30.6 Å². The fourth-order valence-corrected chi connectivity index (χ4v) is 3.05. The maximum absolute atomic E-state index is 12.4. The van der Waals surface area contributed by atoms with Crippen molar-refractivity contribution in [3.05, 3.63) is 47.5 Å². The molecule has 0 unspecified atom stereocenters. The Morgan fingerprint density at radius 3 is 2.38 bits per heavy atom. The number of nitrogens with zero attached hydrogens (tertiary/aromatic N) is 4. The first-order chi connectivity index (χ1) is 13.8. The Bertz CT molecular complexity index is 1030. The first kappa shape index (κ1) is 20.2. The summed E-state index contributed by atoms with van der Waals surface area (Å²) in [5.74, 6) is 0.463. The van der Waals surface area contributed by atoms with E-state index in [0.29, 0.717) is 30.0 Å². The Hall–Kier alpha value is -3.49. The lowest BCUT2D eigenvalue weighted by molar-refractivity contribution is -0.116. The van der Waals surface area contributed by atoms with E-state index >= 15 is 0 Å². The van der Waals surface area contributed by atoms with E-state index in [1.807, 2.05) is 27.7 Å². The zero-order valence-electron chi connectivity index (χ0n) is 17.0. The molecular formula is C20H25N7O2. The topological polar surface area (TPSA) is 113 Å². The van der Waals surface area contributed by atoms with Gasteiger partial charge in [-0.3, -0.25) is 4.79 Å². The van der Waals surface area contributed by atoms with Crippen LogP contribution in [0.2, 0.25) is 0 Å². The molecule has 9 nitrogen and oxygen atoms in total. The molecule has 0 bridgehead atoms. The van der Waals surface area contributed by atoms with E-state index in [4.69, 9.17) is 0 Å². The number of amides is 3. The summed E-state index contributed by atoms with van der Waals surface area (Å²) in [6, 6.07) is 6.78. The number of carbonyl (C=O) groups excluding carboxylic acids is 2. The molecule has 1 aromatic carbocycles. The van der Waals surface area contributed by atoms with E-state index in [2.05, 4.69) is 31.0 Å². The minimum atomic E-state index is -0.263. The Kier molecular flexibility index (Phi) is 6.06. The van der Waals surface area contributed by atoms with Crippen LogP contribution in [0, 0.1) is 13.8 Å². The molecule has 0 aliphatic carbocycles. The summed E-state index contributed by atoms with van der Waals surface area (Å²) in [7, 11) is 0. The Morgan fingerprint density at radius 1 is 1.07 bits per heavy atom. The molecule has 0 spiro atoms. The average molecular weight is 395 g/mol. The summed E-state index contributed by atoms with van der Waals surface area (Å²) >= 11 is 0. The normalized spacial score (nSPS) is 10.9. The monoisotopic (exact) mass is 395 g/mol. The van der Waals surface area contributed by atoms with Crippen molar-refractivity contribution in [3.63, 3.8) is 0 Å². The summed E-state index contributed by atoms with van der Waals surface area (Å²) in [5.41, 5.74) is 4.11. The van der Waals surface area contributed by atoms with Gasteiger partial charge >= 0.3 is 6.03 Å². The van der Waals surface area contributed by atoms with Crippen LogP contribution >= 0.6 is 0 Å². The number of urea groups is 1. The number of nitrogens with one attached hydrogen (secondary N) is 3. The maximum atomic E-state index is 12.4. The lowest BCUT2D eigenvalue weighted by Crippen LogP contribution is -2.34. The smallest absolute Gasteiger partial charge is 0.319 e. The van der Waals surface area contributed by atoms with Crippen LogP contribution in [0.1, 0.15) is 37.2 Å². The van der Waals surface area contributed by atoms with Gasteiger partial charge < -0.3 is 16.0 Å². The zero-order chi connectivity index (χ0) is 21.0. The van der Waals surface area contributed by atoms with Crippen molar-refractivity contribution in [2.75, 3.05) is 10.6 Å². The Labute approximate surface area is 168 Å². The SMILES string of the molecule is Cc1nc2ncnn2c(C)c1CCC(=O)Nc1ccc(NC(=O)NC(C)C)cc1. The van der Waals surface area contributed by atoms with Gasteiger partial charge in [0.1, 0.15) is 6.33 Å². The Morgan fingerprint density at radius 2 is 1.72 bits per heavy atom. The van der Waals surface area contributed by atoms with Crippen LogP contribution in [-0.4, -0.2) is 37.6 Å². The molecule has 0 aliphatic rings. The van der Waals surface area contributed by atoms with Gasteiger partial charge in [-0.05, 0) is 63.9 Å². The molecule has 2 heterocycles. The number of fused-ring (bicyclic) bond motifs is 1. The summed E-state index contributed by atoms with van der Waals surface area (Å²) in [6.07, 6.45) is 2.35. The second-order valence-corrected chi connectivity index (χ2v) is 7.11. The molecule has 0 aliphatic heterocycles. The van der Waals surface area contributed by atoms with E-state index in [1.54, 1.807) is 28.8 Å². The van der Waals surface area contributed by atoms with Crippen molar-refractivity contribution >= 4 is 29.1 Å². The van der Waals surface area contributed by atoms with Gasteiger partial charge in [-0.2, -0.15) is 10.1 Å². The third kappa shape index (κ3) is 5.07. The number of benzene rings is 1. The number of hydrogen-bond donors (Lipinski definition) is 3. The first-order valence-corrected chi connectivity index (χ1v) is 9.46. The molecular weight excluding hydrogens is 370 g/mol. The highest BCUT2D eigenvalue weighted by molar-refractivity contribution is 5.92. The van der Waals surface area contributed by atoms with Crippen LogP contribution in [0.5, 0.6) is 0 Å². The van der Waals surface area contributed by atoms with Gasteiger partial charge in [-0.25, -0.2) is 14.3 Å². The molecule has 3 rings (SSSR count). The largest absolute Gasteiger partial charge is 0.336 e. The van der Waals surface area contributed by atoms with Crippen LogP contribution in [-0.2, 0) is 11.2 Å². The van der Waals surface area contributed by atoms with E-state index in [9.17, 15) is 9.59 Å². The van der Waals surface area contributed by atoms with Gasteiger partial charge in [0, 0.05) is 35.2 Å². The molecule has 0 saturated heterocycles. The van der Waals surface area contributed by atoms with Crippen molar-refractivity contribution in [2.45, 2.75) is 46.6 Å². The summed E-state index contributed by atoms with van der Waals surface area (Å²) in [5, 5.41) is 12.5. The number of aryl methyl sites for hydroxylation is 2. The number of anilines is 2. The molecule has 2 aromatic heterocycles. The predicted octanol–water partition coefficient (Wildman–Crippen LogP) is 2.84. The van der Waals surface area contributed by atoms with Crippen LogP contribution in [0.4, 0.5) is 16.2 Å². The number of rotatable bonds is 6. The minimum absolute atomic E-state index is 0.0568. The summed E-state index contributed by atoms with van der Waals surface area (Å²) < 4.78 is 1.68. The third-order valence-electron chi connectivity index (χ3n) is 4.44. The van der Waals surface area contributed by atoms with Crippen molar-refractivity contribution < 1.29 is 9.59 Å². The van der Waals surface area contributed by atoms with Gasteiger partial charge in [-0.1, -0.05) is 0 Å². The lowest BCUT2D eigenvalue weighted by Gasteiger charge is -2.12. The van der Waals surface area contributed by atoms with E-state index < -0.39 is 0 Å². The highest BCUT2D eigenvalue weighted by atomic mass is 16.2. The van der Waals surface area contributed by atoms with Gasteiger partial charge in [-0.15, -0.1) is 0 Å². The second-order valence-electron chi connectivity index (χ2n) is 7.11. The van der Waals surface area contributed by atoms with Gasteiger partial charge in [0.15, 0.2) is 0 Å². The molecule has 3 amide bonds. The quantitative estimate of drug-likeness (QED) is 0.594. The second kappa shape index (κ2) is 8.68. The van der Waals surface area contributed by atoms with E-state index in [-0.39, 0.29) is 18.0 Å². The van der Waals surface area contributed by atoms with Gasteiger partial charge in [0.25, 0.3) is 5.78 Å². The van der Waals surface area contributed by atoms with E-state index in [1.165, 1.54) is 6.33 Å². The van der Waals surface area contributed by atoms with Crippen LogP contribution in [0.25, 0.3) is 5.78 Å². The average Bonchev–Trinajstić information content (AvgIpc) is 3.11. The molecule has 0 saturated carbocycles. The molecule has 0 fully saturated rings. The van der Waals surface area contributed by atoms with Crippen molar-refractivity contribution in [2.24, 2.45) is 0 Å². The molecule has 0 radical (unpaired) electrons. The predicted molar refractivity (Wildman–Crippen MR) is 111 cm³/mol. The van der Waals surface area contributed by atoms with Crippen molar-refractivity contribution in [1.82, 2.24) is 24.9 Å². The lowest BCUT2D eigenvalue weighted by atomic mass is 10.1. The van der Waals surface area contributed by atoms with E-state index in [0.717, 1.165) is 17.0 Å². The summed E-state index contributed by atoms with van der Waals surface area (Å²) in [6.45, 7) is 7.64. The molecule has 3 N–H and O–H groups in total. The van der Waals surface area contributed by atoms with Crippen LogP contribution in [0.3, 0.4) is 0 Å². The summed E-state index contributed by atoms with van der Waals surface area (Å²) in [4.78, 5) is 32.6. The van der Waals surface area contributed by atoms with Crippen LogP contribution < -0.4 is 16.0 Å². The number of hydrogen-bond acceptors (Lipinski definition) is 5. The maximum Gasteiger partial charge on any atom is 0.319 e. The molecule has 9 heteroatoms. The van der Waals surface area contributed by atoms with Crippen molar-refractivity contribution in [3.8, 4) is 0 Å². The minimum Gasteiger partial charge on any atom is -0.336 e. The fourth-order valence-electron chi connectivity index (χ4n) is 3.05. The third-order valence-corrected chi connectivity index (χ3v) is 4.44. The highest BCUT2D eigenvalue weighted by Crippen LogP contribution is 2.17. The molecule has 0 atom stereocenters. The molecule has 3 aromatic rings. The zero-order valence-corrected chi connectivity index (χ0v) is 17.0. The van der Waals surface area contributed by atoms with Crippen molar-refractivity contribution in [1.29, 1.82) is 0 Å². The fraction of sp³-hybridized carbons (Fsp3) is 0.350. The van der Waals surface area contributed by atoms with Gasteiger partial charge in [0.05, 0.1) is 0 Å². The number of carbonyl (C=O) groups is 2. The molecule has 152 valence electrons. The van der Waals surface area contributed by atoms with Gasteiger partial charge in [0.2, 0.25) is 5.91 Å². The number of aromatic nitrogens is 4. The highest BCUT2D eigenvalue weighted by Gasteiger charge is 2.13. The standard InChI is InChI=1S/C20H25N7O2/c1-12(2)23-20(29)26-16-7-5-15(6-8-16)25-18(28)10-9-17-13(3)24-19-21-11-22-27(19)14(17)4/h5-8,11-12H,9-10H2,1-4H3,(H,25,28)(H2,23,26,29). The Balaban J connectivity index is 1.57. The first-order valence-electron chi connectivity index (χ1n) is 9.46.